The maximum absolute atomic E-state index is 13.6. The summed E-state index contributed by atoms with van der Waals surface area (Å²) in [5, 5.41) is 0. The predicted octanol–water partition coefficient (Wildman–Crippen LogP) is 7.85. The second-order valence-corrected chi connectivity index (χ2v) is 8.10. The summed E-state index contributed by atoms with van der Waals surface area (Å²) in [4.78, 5) is 34.5. The minimum Gasteiger partial charge on any atom is -0.488 e. The monoisotopic (exact) mass is 732 g/mol. The first-order valence-electron chi connectivity index (χ1n) is 11.2. The Morgan fingerprint density at radius 2 is 0.702 bits per heavy atom. The first-order valence-corrected chi connectivity index (χ1v) is 11.2. The Balaban J connectivity index is -0.00000167. The van der Waals surface area contributed by atoms with Crippen molar-refractivity contribution in [2.45, 2.75) is 44.2 Å². The van der Waals surface area contributed by atoms with Crippen molar-refractivity contribution in [1.29, 1.82) is 0 Å². The Morgan fingerprint density at radius 1 is 0.468 bits per heavy atom. The van der Waals surface area contributed by atoms with Gasteiger partial charge in [0, 0.05) is 18.2 Å². The molecule has 274 valence electrons. The van der Waals surface area contributed by atoms with E-state index in [1.165, 1.54) is 0 Å². The van der Waals surface area contributed by atoms with Crippen LogP contribution in [0.4, 0.5) is 74.6 Å². The summed E-state index contributed by atoms with van der Waals surface area (Å²) in [6.07, 6.45) is -31.3. The highest BCUT2D eigenvalue weighted by atomic mass is 19.5. The Bertz CT molecular complexity index is 964. The van der Waals surface area contributed by atoms with Crippen LogP contribution in [0.5, 0.6) is 0 Å². The zero-order chi connectivity index (χ0) is 38.1. The van der Waals surface area contributed by atoms with Crippen LogP contribution in [0.1, 0.15) is 12.8 Å². The van der Waals surface area contributed by atoms with E-state index in [0.29, 0.717) is 18.2 Å². The van der Waals surface area contributed by atoms with Crippen molar-refractivity contribution >= 4 is 17.9 Å². The highest BCUT2D eigenvalue weighted by Gasteiger charge is 2.47. The maximum Gasteiger partial charge on any atom is 0.559 e. The number of carbonyl (C=O) groups is 3. The second kappa shape index (κ2) is 19.6. The van der Waals surface area contributed by atoms with Gasteiger partial charge in [-0.15, -0.1) is 35.1 Å². The van der Waals surface area contributed by atoms with Crippen LogP contribution in [-0.2, 0) is 33.3 Å². The van der Waals surface area contributed by atoms with E-state index in [4.69, 9.17) is 14.2 Å². The Labute approximate surface area is 252 Å². The quantitative estimate of drug-likeness (QED) is 0.0592. The van der Waals surface area contributed by atoms with E-state index in [1.807, 2.05) is 0 Å². The smallest absolute Gasteiger partial charge is 0.488 e. The van der Waals surface area contributed by atoms with Gasteiger partial charge in [0.15, 0.2) is 0 Å². The van der Waals surface area contributed by atoms with E-state index < -0.39 is 105 Å². The molecule has 0 rings (SSSR count). The number of hydrogen-bond acceptors (Lipinski definition) is 7. The maximum atomic E-state index is 13.6. The molecule has 0 N–H and O–H groups in total. The number of rotatable bonds is 14. The lowest BCUT2D eigenvalue weighted by atomic mass is 9.92. The molecule has 24 heteroatoms. The molecule has 0 fully saturated rings. The number of esters is 3. The lowest BCUT2D eigenvalue weighted by Gasteiger charge is -2.32. The van der Waals surface area contributed by atoms with E-state index in [1.54, 1.807) is 0 Å². The minimum absolute atomic E-state index is 0.600. The first-order chi connectivity index (χ1) is 20.8. The summed E-state index contributed by atoms with van der Waals surface area (Å²) in [5.74, 6) is -6.19. The molecule has 7 nitrogen and oxygen atoms in total. The molecule has 0 saturated carbocycles. The Morgan fingerprint density at radius 3 is 0.894 bits per heavy atom. The van der Waals surface area contributed by atoms with Crippen LogP contribution in [-0.4, -0.2) is 75.7 Å². The van der Waals surface area contributed by atoms with Gasteiger partial charge in [0.1, 0.15) is 31.8 Å². The van der Waals surface area contributed by atoms with Crippen LogP contribution in [0.25, 0.3) is 0 Å². The molecule has 0 aromatic carbocycles. The molecule has 0 aromatic heterocycles. The highest BCUT2D eigenvalue weighted by molar-refractivity contribution is 5.82. The molecular formula is C23H21F17O7. The number of alkyl halides is 17. The van der Waals surface area contributed by atoms with Gasteiger partial charge < -0.3 is 18.9 Å². The van der Waals surface area contributed by atoms with Gasteiger partial charge in [-0.1, -0.05) is 19.7 Å². The molecule has 0 aliphatic rings. The van der Waals surface area contributed by atoms with Crippen molar-refractivity contribution in [3.63, 3.8) is 0 Å². The normalized spacial score (nSPS) is 12.1. The van der Waals surface area contributed by atoms with Crippen molar-refractivity contribution in [2.75, 3.05) is 26.4 Å². The molecule has 0 aromatic rings. The fourth-order valence-corrected chi connectivity index (χ4v) is 2.42. The standard InChI is InChI=1S/C21H21F9O7.2CF4/c1-4-14(31)34-9-18(10-35-15(32)5-2,11-36-16(33)6-3)12-37-17(21(28,29)30)13(7-19(22,23)24)8-20(25,26)27;2*2-1(3,4)5/h4-6H,1-3,7-12H2;;. The summed E-state index contributed by atoms with van der Waals surface area (Å²) in [6.45, 7) is 4.54. The molecule has 0 aliphatic carbocycles. The average Bonchev–Trinajstić information content (AvgIpc) is 2.83. The fourth-order valence-electron chi connectivity index (χ4n) is 2.42. The molecule has 0 spiro atoms. The highest BCUT2D eigenvalue weighted by Crippen LogP contribution is 2.40. The minimum atomic E-state index is -5.86. The van der Waals surface area contributed by atoms with Gasteiger partial charge in [-0.2, -0.15) is 39.5 Å². The van der Waals surface area contributed by atoms with Gasteiger partial charge in [0.2, 0.25) is 5.76 Å². The number of halogens is 17. The zero-order valence-electron chi connectivity index (χ0n) is 22.9. The number of carbonyl (C=O) groups excluding carboxylic acids is 3. The third kappa shape index (κ3) is 31.7. The summed E-state index contributed by atoms with van der Waals surface area (Å²) < 4.78 is 214. The van der Waals surface area contributed by atoms with Gasteiger partial charge in [0.25, 0.3) is 0 Å². The van der Waals surface area contributed by atoms with Crippen molar-refractivity contribution < 1.29 is 108 Å². The lowest BCUT2D eigenvalue weighted by Crippen LogP contribution is -2.43. The van der Waals surface area contributed by atoms with E-state index in [0.717, 1.165) is 0 Å². The second-order valence-electron chi connectivity index (χ2n) is 8.10. The molecule has 0 amide bonds. The molecule has 0 saturated heterocycles. The van der Waals surface area contributed by atoms with Crippen LogP contribution < -0.4 is 0 Å². The molecule has 0 unspecified atom stereocenters. The van der Waals surface area contributed by atoms with Crippen LogP contribution >= 0.6 is 0 Å². The largest absolute Gasteiger partial charge is 0.559 e. The van der Waals surface area contributed by atoms with Gasteiger partial charge in [0.05, 0.1) is 12.8 Å². The lowest BCUT2D eigenvalue weighted by molar-refractivity contribution is -0.238. The number of ether oxygens (including phenoxy) is 4. The average molecular weight is 732 g/mol. The number of allylic oxidation sites excluding steroid dienone is 2. The van der Waals surface area contributed by atoms with Crippen LogP contribution in [0.15, 0.2) is 49.3 Å². The van der Waals surface area contributed by atoms with Gasteiger partial charge in [-0.25, -0.2) is 14.4 Å². The zero-order valence-corrected chi connectivity index (χ0v) is 22.9. The van der Waals surface area contributed by atoms with Crippen molar-refractivity contribution in [3.8, 4) is 0 Å². The molecule has 0 radical (unpaired) electrons. The summed E-state index contributed by atoms with van der Waals surface area (Å²) >= 11 is 0. The molecule has 47 heavy (non-hydrogen) atoms. The van der Waals surface area contributed by atoms with Gasteiger partial charge >= 0.3 is 49.3 Å². The molecule has 0 bridgehead atoms. The van der Waals surface area contributed by atoms with E-state index in [9.17, 15) is 89.0 Å². The van der Waals surface area contributed by atoms with E-state index in [2.05, 4.69) is 24.5 Å². The summed E-state index contributed by atoms with van der Waals surface area (Å²) in [7, 11) is 0. The summed E-state index contributed by atoms with van der Waals surface area (Å²) in [6, 6.07) is 0. The third-order valence-corrected chi connectivity index (χ3v) is 3.99. The van der Waals surface area contributed by atoms with Crippen molar-refractivity contribution in [3.05, 3.63) is 49.3 Å². The predicted molar refractivity (Wildman–Crippen MR) is 121 cm³/mol. The van der Waals surface area contributed by atoms with Crippen LogP contribution in [0.2, 0.25) is 0 Å². The Kier molecular flexibility index (Phi) is 19.8. The topological polar surface area (TPSA) is 88.1 Å². The SMILES string of the molecule is C=CC(=O)OCC(COC(=O)C=C)(COC(=O)C=C)COC(=C(CC(F)(F)F)CC(F)(F)F)C(F)(F)F.FC(F)(F)F.FC(F)(F)F. The fraction of sp³-hybridized carbons (Fsp3) is 0.522. The van der Waals surface area contributed by atoms with Crippen molar-refractivity contribution in [2.24, 2.45) is 5.41 Å². The molecule has 0 aliphatic heterocycles. The van der Waals surface area contributed by atoms with Crippen LogP contribution in [0.3, 0.4) is 0 Å². The van der Waals surface area contributed by atoms with E-state index >= 15 is 0 Å². The first kappa shape index (κ1) is 47.4. The van der Waals surface area contributed by atoms with Crippen LogP contribution in [0, 0.1) is 5.41 Å². The van der Waals surface area contributed by atoms with Gasteiger partial charge in [-0.05, 0) is 5.57 Å². The summed E-state index contributed by atoms with van der Waals surface area (Å²) in [5.41, 5.74) is -4.45. The third-order valence-electron chi connectivity index (χ3n) is 3.99. The molecular weight excluding hydrogens is 711 g/mol. The van der Waals surface area contributed by atoms with Crippen molar-refractivity contribution in [1.82, 2.24) is 0 Å². The number of hydrogen-bond donors (Lipinski definition) is 0. The molecule has 0 atom stereocenters. The molecule has 0 heterocycles. The van der Waals surface area contributed by atoms with E-state index in [-0.39, 0.29) is 0 Å². The van der Waals surface area contributed by atoms with Gasteiger partial charge in [-0.3, -0.25) is 0 Å². The Hall–Kier alpha value is -4.02.